The molecule has 2 fully saturated rings. The third kappa shape index (κ3) is 5.18. The first-order chi connectivity index (χ1) is 12.1. The first-order valence-corrected chi connectivity index (χ1v) is 9.91. The van der Waals surface area contributed by atoms with Crippen LogP contribution in [0.25, 0.3) is 6.08 Å². The predicted octanol–water partition coefficient (Wildman–Crippen LogP) is 3.71. The molecular formula is C20H25BrN2O2. The fraction of sp³-hybridized carbons (Fsp3) is 0.500. The van der Waals surface area contributed by atoms with Gasteiger partial charge in [-0.15, -0.1) is 0 Å². The van der Waals surface area contributed by atoms with Gasteiger partial charge in [0.2, 0.25) is 11.8 Å². The van der Waals surface area contributed by atoms with Gasteiger partial charge in [0.1, 0.15) is 0 Å². The van der Waals surface area contributed by atoms with Crippen LogP contribution in [0.3, 0.4) is 0 Å². The molecule has 134 valence electrons. The molecule has 1 saturated carbocycles. The highest BCUT2D eigenvalue weighted by atomic mass is 79.9. The van der Waals surface area contributed by atoms with Gasteiger partial charge < -0.3 is 9.80 Å². The Bertz CT molecular complexity index is 628. The maximum atomic E-state index is 12.4. The minimum absolute atomic E-state index is 0.0193. The second-order valence-electron chi connectivity index (χ2n) is 6.95. The first-order valence-electron chi connectivity index (χ1n) is 9.12. The quantitative estimate of drug-likeness (QED) is 0.717. The summed E-state index contributed by atoms with van der Waals surface area (Å²) in [6.07, 6.45) is 9.09. The predicted molar refractivity (Wildman–Crippen MR) is 103 cm³/mol. The van der Waals surface area contributed by atoms with E-state index in [1.165, 1.54) is 25.7 Å². The van der Waals surface area contributed by atoms with Crippen molar-refractivity contribution in [2.24, 2.45) is 5.92 Å². The topological polar surface area (TPSA) is 40.6 Å². The summed E-state index contributed by atoms with van der Waals surface area (Å²) in [6.45, 7) is 2.56. The molecule has 2 aliphatic rings. The molecule has 0 unspecified atom stereocenters. The van der Waals surface area contributed by atoms with Crippen molar-refractivity contribution >= 4 is 33.8 Å². The average molecular weight is 405 g/mol. The summed E-state index contributed by atoms with van der Waals surface area (Å²) in [5.74, 6) is 0.871. The first kappa shape index (κ1) is 18.2. The Balaban J connectivity index is 1.45. The zero-order valence-electron chi connectivity index (χ0n) is 14.5. The van der Waals surface area contributed by atoms with Crippen LogP contribution in [0.4, 0.5) is 0 Å². The summed E-state index contributed by atoms with van der Waals surface area (Å²) < 4.78 is 1.02. The summed E-state index contributed by atoms with van der Waals surface area (Å²) in [7, 11) is 0. The van der Waals surface area contributed by atoms with E-state index in [9.17, 15) is 9.59 Å². The van der Waals surface area contributed by atoms with Gasteiger partial charge in [0.05, 0.1) is 0 Å². The SMILES string of the molecule is O=C(/C=C/c1ccc(Br)cc1)N1CCN(C(=O)CC2CCCC2)CC1. The van der Waals surface area contributed by atoms with E-state index in [0.29, 0.717) is 38.5 Å². The van der Waals surface area contributed by atoms with Gasteiger partial charge in [0, 0.05) is 43.1 Å². The van der Waals surface area contributed by atoms with Crippen LogP contribution in [0.15, 0.2) is 34.8 Å². The maximum absolute atomic E-state index is 12.4. The molecule has 0 spiro atoms. The highest BCUT2D eigenvalue weighted by Gasteiger charge is 2.26. The second kappa shape index (κ2) is 8.65. The Morgan fingerprint density at radius 3 is 2.24 bits per heavy atom. The third-order valence-corrected chi connectivity index (χ3v) is 5.70. The minimum Gasteiger partial charge on any atom is -0.339 e. The van der Waals surface area contributed by atoms with Gasteiger partial charge in [-0.2, -0.15) is 0 Å². The summed E-state index contributed by atoms with van der Waals surface area (Å²) in [6, 6.07) is 7.85. The molecule has 1 aliphatic heterocycles. The molecule has 0 aromatic heterocycles. The van der Waals surface area contributed by atoms with Crippen molar-refractivity contribution in [3.8, 4) is 0 Å². The number of halogens is 1. The van der Waals surface area contributed by atoms with E-state index in [1.54, 1.807) is 6.08 Å². The van der Waals surface area contributed by atoms with Gasteiger partial charge in [0.15, 0.2) is 0 Å². The Morgan fingerprint density at radius 2 is 1.60 bits per heavy atom. The number of rotatable bonds is 4. The van der Waals surface area contributed by atoms with Crippen LogP contribution >= 0.6 is 15.9 Å². The fourth-order valence-electron chi connectivity index (χ4n) is 3.61. The largest absolute Gasteiger partial charge is 0.339 e. The molecule has 1 saturated heterocycles. The lowest BCUT2D eigenvalue weighted by atomic mass is 10.0. The normalized spacial score (nSPS) is 18.9. The zero-order chi connectivity index (χ0) is 17.6. The molecule has 2 amide bonds. The lowest BCUT2D eigenvalue weighted by Gasteiger charge is -2.34. The molecule has 0 N–H and O–H groups in total. The van der Waals surface area contributed by atoms with Crippen LogP contribution in [0.1, 0.15) is 37.7 Å². The van der Waals surface area contributed by atoms with E-state index in [1.807, 2.05) is 40.1 Å². The van der Waals surface area contributed by atoms with E-state index in [2.05, 4.69) is 15.9 Å². The number of nitrogens with zero attached hydrogens (tertiary/aromatic N) is 2. The number of hydrogen-bond acceptors (Lipinski definition) is 2. The monoisotopic (exact) mass is 404 g/mol. The van der Waals surface area contributed by atoms with E-state index in [-0.39, 0.29) is 11.8 Å². The van der Waals surface area contributed by atoms with E-state index in [0.717, 1.165) is 10.0 Å². The molecule has 5 heteroatoms. The molecule has 25 heavy (non-hydrogen) atoms. The summed E-state index contributed by atoms with van der Waals surface area (Å²) >= 11 is 3.40. The van der Waals surface area contributed by atoms with E-state index < -0.39 is 0 Å². The Labute approximate surface area is 158 Å². The third-order valence-electron chi connectivity index (χ3n) is 5.17. The van der Waals surface area contributed by atoms with Gasteiger partial charge in [-0.3, -0.25) is 9.59 Å². The van der Waals surface area contributed by atoms with Crippen molar-refractivity contribution in [2.45, 2.75) is 32.1 Å². The van der Waals surface area contributed by atoms with Gasteiger partial charge >= 0.3 is 0 Å². The van der Waals surface area contributed by atoms with Crippen LogP contribution in [0, 0.1) is 5.92 Å². The number of amides is 2. The lowest BCUT2D eigenvalue weighted by Crippen LogP contribution is -2.50. The van der Waals surface area contributed by atoms with Crippen LogP contribution < -0.4 is 0 Å². The van der Waals surface area contributed by atoms with Crippen molar-refractivity contribution in [3.63, 3.8) is 0 Å². The van der Waals surface area contributed by atoms with Crippen molar-refractivity contribution in [3.05, 3.63) is 40.4 Å². The highest BCUT2D eigenvalue weighted by Crippen LogP contribution is 2.28. The van der Waals surface area contributed by atoms with Gasteiger partial charge in [-0.25, -0.2) is 0 Å². The zero-order valence-corrected chi connectivity index (χ0v) is 16.1. The van der Waals surface area contributed by atoms with Crippen LogP contribution in [-0.2, 0) is 9.59 Å². The molecule has 1 heterocycles. The molecule has 1 aromatic rings. The standard InChI is InChI=1S/C20H25BrN2O2/c21-18-8-5-16(6-9-18)7-10-19(24)22-11-13-23(14-12-22)20(25)15-17-3-1-2-4-17/h5-10,17H,1-4,11-15H2/b10-7+. The van der Waals surface area contributed by atoms with Crippen molar-refractivity contribution in [1.82, 2.24) is 9.80 Å². The maximum Gasteiger partial charge on any atom is 0.246 e. The number of carbonyl (C=O) groups excluding carboxylic acids is 2. The summed E-state index contributed by atoms with van der Waals surface area (Å²) in [4.78, 5) is 28.5. The number of benzene rings is 1. The van der Waals surface area contributed by atoms with E-state index in [4.69, 9.17) is 0 Å². The van der Waals surface area contributed by atoms with Gasteiger partial charge in [-0.05, 0) is 42.5 Å². The molecule has 0 radical (unpaired) electrons. The molecule has 0 bridgehead atoms. The van der Waals surface area contributed by atoms with Gasteiger partial charge in [0.25, 0.3) is 0 Å². The van der Waals surface area contributed by atoms with Crippen molar-refractivity contribution < 1.29 is 9.59 Å². The van der Waals surface area contributed by atoms with Gasteiger partial charge in [-0.1, -0.05) is 40.9 Å². The number of carbonyl (C=O) groups is 2. The van der Waals surface area contributed by atoms with Crippen LogP contribution in [0.2, 0.25) is 0 Å². The fourth-order valence-corrected chi connectivity index (χ4v) is 3.88. The molecule has 1 aromatic carbocycles. The summed E-state index contributed by atoms with van der Waals surface area (Å²) in [5.41, 5.74) is 1.00. The molecule has 3 rings (SSSR count). The Morgan fingerprint density at radius 1 is 1.00 bits per heavy atom. The smallest absolute Gasteiger partial charge is 0.246 e. The Hall–Kier alpha value is -1.62. The minimum atomic E-state index is 0.0193. The Kier molecular flexibility index (Phi) is 6.29. The van der Waals surface area contributed by atoms with E-state index >= 15 is 0 Å². The van der Waals surface area contributed by atoms with Crippen LogP contribution in [0.5, 0.6) is 0 Å². The number of hydrogen-bond donors (Lipinski definition) is 0. The van der Waals surface area contributed by atoms with Crippen molar-refractivity contribution in [1.29, 1.82) is 0 Å². The van der Waals surface area contributed by atoms with Crippen molar-refractivity contribution in [2.75, 3.05) is 26.2 Å². The highest BCUT2D eigenvalue weighted by molar-refractivity contribution is 9.10. The molecule has 4 nitrogen and oxygen atoms in total. The number of piperazine rings is 1. The lowest BCUT2D eigenvalue weighted by molar-refractivity contribution is -0.137. The molecular weight excluding hydrogens is 380 g/mol. The second-order valence-corrected chi connectivity index (χ2v) is 7.86. The summed E-state index contributed by atoms with van der Waals surface area (Å²) in [5, 5.41) is 0. The molecule has 0 atom stereocenters. The molecule has 1 aliphatic carbocycles. The average Bonchev–Trinajstić information content (AvgIpc) is 3.14. The van der Waals surface area contributed by atoms with Crippen LogP contribution in [-0.4, -0.2) is 47.8 Å².